The molecule has 4 heteroatoms. The molecule has 116 valence electrons. The van der Waals surface area contributed by atoms with Crippen LogP contribution in [0.1, 0.15) is 5.56 Å². The van der Waals surface area contributed by atoms with Gasteiger partial charge in [0.05, 0.1) is 26.9 Å². The van der Waals surface area contributed by atoms with Crippen LogP contribution in [-0.4, -0.2) is 33.4 Å². The normalized spacial score (nSPS) is 14.5. The van der Waals surface area contributed by atoms with Crippen LogP contribution in [0.5, 0.6) is 11.5 Å². The number of rotatable bonds is 6. The Balaban J connectivity index is 1.80. The van der Waals surface area contributed by atoms with Crippen LogP contribution in [0.3, 0.4) is 0 Å². The molecule has 0 amide bonds. The number of methoxy groups -OCH3 is 2. The van der Waals surface area contributed by atoms with Crippen LogP contribution in [0, 0.1) is 0 Å². The van der Waals surface area contributed by atoms with E-state index in [0.717, 1.165) is 41.3 Å². The summed E-state index contributed by atoms with van der Waals surface area (Å²) in [6.45, 7) is 2.45. The number of nitrogens with one attached hydrogen (secondary N) is 1. The Morgan fingerprint density at radius 3 is 2.50 bits per heavy atom. The van der Waals surface area contributed by atoms with Gasteiger partial charge in [-0.25, -0.2) is 0 Å². The average molecular weight is 299 g/mol. The lowest BCUT2D eigenvalue weighted by atomic mass is 10.0. The van der Waals surface area contributed by atoms with E-state index in [4.69, 9.17) is 14.2 Å². The molecule has 0 radical (unpaired) electrons. The predicted molar refractivity (Wildman–Crippen MR) is 86.4 cm³/mol. The van der Waals surface area contributed by atoms with E-state index >= 15 is 0 Å². The third-order valence-electron chi connectivity index (χ3n) is 3.91. The smallest absolute Gasteiger partial charge is 0.124 e. The van der Waals surface area contributed by atoms with Crippen molar-refractivity contribution >= 4 is 0 Å². The van der Waals surface area contributed by atoms with Gasteiger partial charge in [-0.05, 0) is 29.3 Å². The maximum absolute atomic E-state index is 5.83. The molecule has 0 aliphatic carbocycles. The minimum atomic E-state index is 0.322. The summed E-state index contributed by atoms with van der Waals surface area (Å²) in [5.74, 6) is 1.70. The zero-order valence-corrected chi connectivity index (χ0v) is 13.0. The first-order chi connectivity index (χ1) is 10.8. The second kappa shape index (κ2) is 6.81. The number of hydrogen-bond acceptors (Lipinski definition) is 4. The Labute approximate surface area is 131 Å². The Morgan fingerprint density at radius 1 is 1.00 bits per heavy atom. The van der Waals surface area contributed by atoms with Gasteiger partial charge in [0.25, 0.3) is 0 Å². The van der Waals surface area contributed by atoms with Crippen LogP contribution in [0.25, 0.3) is 11.1 Å². The quantitative estimate of drug-likeness (QED) is 0.890. The van der Waals surface area contributed by atoms with E-state index in [1.165, 1.54) is 0 Å². The van der Waals surface area contributed by atoms with E-state index in [1.54, 1.807) is 14.2 Å². The van der Waals surface area contributed by atoms with Gasteiger partial charge in [-0.1, -0.05) is 24.3 Å². The van der Waals surface area contributed by atoms with Crippen molar-refractivity contribution in [2.24, 2.45) is 0 Å². The molecule has 2 aromatic rings. The fourth-order valence-electron chi connectivity index (χ4n) is 2.43. The van der Waals surface area contributed by atoms with Gasteiger partial charge in [0.2, 0.25) is 0 Å². The zero-order chi connectivity index (χ0) is 15.4. The molecule has 1 fully saturated rings. The van der Waals surface area contributed by atoms with E-state index in [9.17, 15) is 0 Å². The largest absolute Gasteiger partial charge is 0.497 e. The lowest BCUT2D eigenvalue weighted by Gasteiger charge is -2.27. The molecule has 0 unspecified atom stereocenters. The number of hydrogen-bond donors (Lipinski definition) is 1. The second-order valence-electron chi connectivity index (χ2n) is 5.35. The van der Waals surface area contributed by atoms with Gasteiger partial charge in [-0.2, -0.15) is 0 Å². The Bertz CT molecular complexity index is 638. The fraction of sp³-hybridized carbons (Fsp3) is 0.333. The molecule has 1 N–H and O–H groups in total. The minimum Gasteiger partial charge on any atom is -0.497 e. The summed E-state index contributed by atoms with van der Waals surface area (Å²) in [4.78, 5) is 0. The minimum absolute atomic E-state index is 0.322. The molecule has 22 heavy (non-hydrogen) atoms. The van der Waals surface area contributed by atoms with E-state index in [2.05, 4.69) is 23.5 Å². The van der Waals surface area contributed by atoms with Gasteiger partial charge in [0.15, 0.2) is 0 Å². The molecule has 3 rings (SSSR count). The summed E-state index contributed by atoms with van der Waals surface area (Å²) in [5.41, 5.74) is 3.28. The highest BCUT2D eigenvalue weighted by Crippen LogP contribution is 2.30. The highest BCUT2D eigenvalue weighted by atomic mass is 16.5. The summed E-state index contributed by atoms with van der Waals surface area (Å²) in [6, 6.07) is 14.2. The first-order valence-electron chi connectivity index (χ1n) is 7.44. The standard InChI is InChI=1S/C18H21NO3/c1-20-16-5-3-4-13(8-16)14-6-7-15(18(9-14)21-2)12-22-17-10-19-11-17/h3-9,17,19H,10-12H2,1-2H3. The molecule has 4 nitrogen and oxygen atoms in total. The monoisotopic (exact) mass is 299 g/mol. The highest BCUT2D eigenvalue weighted by Gasteiger charge is 2.17. The van der Waals surface area contributed by atoms with Crippen molar-refractivity contribution in [3.8, 4) is 22.6 Å². The summed E-state index contributed by atoms with van der Waals surface area (Å²) < 4.78 is 16.6. The van der Waals surface area contributed by atoms with Crippen LogP contribution in [-0.2, 0) is 11.3 Å². The first kappa shape index (κ1) is 14.9. The molecule has 0 saturated carbocycles. The Morgan fingerprint density at radius 2 is 1.82 bits per heavy atom. The molecule has 0 aromatic heterocycles. The maximum Gasteiger partial charge on any atom is 0.124 e. The lowest BCUT2D eigenvalue weighted by Crippen LogP contribution is -2.48. The molecule has 0 bridgehead atoms. The average Bonchev–Trinajstić information content (AvgIpc) is 2.53. The van der Waals surface area contributed by atoms with Gasteiger partial charge in [0, 0.05) is 18.7 Å². The molecular weight excluding hydrogens is 278 g/mol. The maximum atomic E-state index is 5.83. The van der Waals surface area contributed by atoms with Gasteiger partial charge >= 0.3 is 0 Å². The van der Waals surface area contributed by atoms with E-state index in [-0.39, 0.29) is 0 Å². The molecule has 1 saturated heterocycles. The summed E-state index contributed by atoms with van der Waals surface area (Å²) in [6.07, 6.45) is 0.322. The van der Waals surface area contributed by atoms with Crippen molar-refractivity contribution in [3.05, 3.63) is 48.0 Å². The molecule has 1 aliphatic rings. The predicted octanol–water partition coefficient (Wildman–Crippen LogP) is 2.86. The topological polar surface area (TPSA) is 39.7 Å². The molecular formula is C18H21NO3. The molecule has 0 spiro atoms. The lowest BCUT2D eigenvalue weighted by molar-refractivity contribution is 0.00682. The van der Waals surface area contributed by atoms with Crippen molar-refractivity contribution in [1.82, 2.24) is 5.32 Å². The van der Waals surface area contributed by atoms with Gasteiger partial charge < -0.3 is 19.5 Å². The Kier molecular flexibility index (Phi) is 4.61. The van der Waals surface area contributed by atoms with E-state index < -0.39 is 0 Å². The van der Waals surface area contributed by atoms with Crippen LogP contribution in [0.15, 0.2) is 42.5 Å². The summed E-state index contributed by atoms with van der Waals surface area (Å²) in [5, 5.41) is 3.20. The Hall–Kier alpha value is -2.04. The van der Waals surface area contributed by atoms with Crippen molar-refractivity contribution in [3.63, 3.8) is 0 Å². The van der Waals surface area contributed by atoms with Crippen molar-refractivity contribution in [2.45, 2.75) is 12.7 Å². The third-order valence-corrected chi connectivity index (χ3v) is 3.91. The number of ether oxygens (including phenoxy) is 3. The van der Waals surface area contributed by atoms with Crippen LogP contribution < -0.4 is 14.8 Å². The van der Waals surface area contributed by atoms with Crippen LogP contribution in [0.4, 0.5) is 0 Å². The van der Waals surface area contributed by atoms with Crippen molar-refractivity contribution in [1.29, 1.82) is 0 Å². The van der Waals surface area contributed by atoms with E-state index in [0.29, 0.717) is 12.7 Å². The third kappa shape index (κ3) is 3.24. The van der Waals surface area contributed by atoms with Gasteiger partial charge in [-0.15, -0.1) is 0 Å². The molecule has 0 atom stereocenters. The summed E-state index contributed by atoms with van der Waals surface area (Å²) in [7, 11) is 3.37. The first-order valence-corrected chi connectivity index (χ1v) is 7.44. The van der Waals surface area contributed by atoms with Crippen molar-refractivity contribution in [2.75, 3.05) is 27.3 Å². The second-order valence-corrected chi connectivity index (χ2v) is 5.35. The summed E-state index contributed by atoms with van der Waals surface area (Å²) >= 11 is 0. The number of benzene rings is 2. The fourth-order valence-corrected chi connectivity index (χ4v) is 2.43. The van der Waals surface area contributed by atoms with Crippen LogP contribution >= 0.6 is 0 Å². The van der Waals surface area contributed by atoms with E-state index in [1.807, 2.05) is 24.3 Å². The molecule has 2 aromatic carbocycles. The van der Waals surface area contributed by atoms with Gasteiger partial charge in [0.1, 0.15) is 11.5 Å². The SMILES string of the molecule is COc1cccc(-c2ccc(COC3CNC3)c(OC)c2)c1. The molecule has 1 aliphatic heterocycles. The zero-order valence-electron chi connectivity index (χ0n) is 13.0. The van der Waals surface area contributed by atoms with Gasteiger partial charge in [-0.3, -0.25) is 0 Å². The van der Waals surface area contributed by atoms with Crippen molar-refractivity contribution < 1.29 is 14.2 Å². The highest BCUT2D eigenvalue weighted by molar-refractivity contribution is 5.67. The molecule has 1 heterocycles. The van der Waals surface area contributed by atoms with Crippen LogP contribution in [0.2, 0.25) is 0 Å².